The maximum atomic E-state index is 10.8. The van der Waals surface area contributed by atoms with Crippen LogP contribution in [0.15, 0.2) is 54.7 Å². The van der Waals surface area contributed by atoms with E-state index in [1.165, 1.54) is 10.8 Å². The van der Waals surface area contributed by atoms with Gasteiger partial charge in [-0.3, -0.25) is 0 Å². The molecule has 1 aliphatic heterocycles. The molecular formula is C20H20N4O2. The maximum absolute atomic E-state index is 10.8. The van der Waals surface area contributed by atoms with Crippen LogP contribution in [0.25, 0.3) is 22.0 Å². The highest BCUT2D eigenvalue weighted by molar-refractivity contribution is 5.86. The van der Waals surface area contributed by atoms with Crippen LogP contribution in [0.3, 0.4) is 0 Å². The van der Waals surface area contributed by atoms with Gasteiger partial charge in [-0.25, -0.2) is 14.8 Å². The van der Waals surface area contributed by atoms with E-state index in [-0.39, 0.29) is 6.04 Å². The Morgan fingerprint density at radius 3 is 2.62 bits per heavy atom. The molecule has 1 amide bonds. The second kappa shape index (κ2) is 7.00. The van der Waals surface area contributed by atoms with Gasteiger partial charge in [-0.2, -0.15) is 0 Å². The number of aromatic nitrogens is 2. The largest absolute Gasteiger partial charge is 0.465 e. The fourth-order valence-electron chi connectivity index (χ4n) is 3.41. The zero-order valence-corrected chi connectivity index (χ0v) is 14.3. The molecule has 0 radical (unpaired) electrons. The van der Waals surface area contributed by atoms with Gasteiger partial charge in [-0.05, 0) is 35.7 Å². The van der Waals surface area contributed by atoms with Crippen molar-refractivity contribution >= 4 is 22.8 Å². The van der Waals surface area contributed by atoms with Gasteiger partial charge in [0, 0.05) is 30.9 Å². The Kier molecular flexibility index (Phi) is 4.39. The zero-order chi connectivity index (χ0) is 17.9. The summed E-state index contributed by atoms with van der Waals surface area (Å²) in [4.78, 5) is 22.0. The average molecular weight is 348 g/mol. The van der Waals surface area contributed by atoms with E-state index in [9.17, 15) is 4.79 Å². The van der Waals surface area contributed by atoms with Crippen molar-refractivity contribution in [2.24, 2.45) is 0 Å². The molecule has 1 aliphatic rings. The van der Waals surface area contributed by atoms with Gasteiger partial charge in [-0.1, -0.05) is 36.4 Å². The second-order valence-corrected chi connectivity index (χ2v) is 6.51. The molecule has 132 valence electrons. The lowest BCUT2D eigenvalue weighted by Crippen LogP contribution is -2.44. The van der Waals surface area contributed by atoms with Crippen molar-refractivity contribution in [2.45, 2.75) is 18.9 Å². The standard InChI is InChI=1S/C20H20N4O2/c25-20(26)22-17-8-11-24(12-9-17)19-21-10-7-18(23-19)16-6-5-14-3-1-2-4-15(14)13-16/h1-7,10,13,17,22H,8-9,11-12H2,(H,25,26). The fourth-order valence-corrected chi connectivity index (χ4v) is 3.41. The molecule has 6 nitrogen and oxygen atoms in total. The fraction of sp³-hybridized carbons (Fsp3) is 0.250. The lowest BCUT2D eigenvalue weighted by atomic mass is 10.0. The highest BCUT2D eigenvalue weighted by Gasteiger charge is 2.22. The number of nitrogens with zero attached hydrogens (tertiary/aromatic N) is 3. The van der Waals surface area contributed by atoms with Gasteiger partial charge in [-0.15, -0.1) is 0 Å². The number of anilines is 1. The quantitative estimate of drug-likeness (QED) is 0.757. The molecule has 26 heavy (non-hydrogen) atoms. The summed E-state index contributed by atoms with van der Waals surface area (Å²) in [5, 5.41) is 13.8. The van der Waals surface area contributed by atoms with E-state index < -0.39 is 6.09 Å². The highest BCUT2D eigenvalue weighted by Crippen LogP contribution is 2.25. The summed E-state index contributed by atoms with van der Waals surface area (Å²) in [6.45, 7) is 1.48. The smallest absolute Gasteiger partial charge is 0.404 e. The summed E-state index contributed by atoms with van der Waals surface area (Å²) < 4.78 is 0. The Balaban J connectivity index is 1.54. The number of carboxylic acid groups (broad SMARTS) is 1. The van der Waals surface area contributed by atoms with Crippen LogP contribution < -0.4 is 10.2 Å². The van der Waals surface area contributed by atoms with Crippen LogP contribution in [-0.4, -0.2) is 40.3 Å². The summed E-state index contributed by atoms with van der Waals surface area (Å²) in [7, 11) is 0. The number of benzene rings is 2. The van der Waals surface area contributed by atoms with Crippen molar-refractivity contribution in [3.63, 3.8) is 0 Å². The first-order valence-electron chi connectivity index (χ1n) is 8.76. The molecule has 0 unspecified atom stereocenters. The molecule has 1 aromatic heterocycles. The van der Waals surface area contributed by atoms with Gasteiger partial charge in [0.2, 0.25) is 5.95 Å². The SMILES string of the molecule is O=C(O)NC1CCN(c2nccc(-c3ccc4ccccc4c3)n2)CC1. The Labute approximate surface area is 151 Å². The van der Waals surface area contributed by atoms with Crippen molar-refractivity contribution < 1.29 is 9.90 Å². The predicted molar refractivity (Wildman–Crippen MR) is 101 cm³/mol. The highest BCUT2D eigenvalue weighted by atomic mass is 16.4. The van der Waals surface area contributed by atoms with E-state index in [2.05, 4.69) is 45.5 Å². The second-order valence-electron chi connectivity index (χ2n) is 6.51. The number of hydrogen-bond donors (Lipinski definition) is 2. The van der Waals surface area contributed by atoms with Crippen molar-refractivity contribution in [1.82, 2.24) is 15.3 Å². The lowest BCUT2D eigenvalue weighted by Gasteiger charge is -2.31. The summed E-state index contributed by atoms with van der Waals surface area (Å²) in [5.74, 6) is 0.699. The molecule has 0 spiro atoms. The molecular weight excluding hydrogens is 328 g/mol. The summed E-state index contributed by atoms with van der Waals surface area (Å²) >= 11 is 0. The molecule has 0 saturated carbocycles. The molecule has 6 heteroatoms. The molecule has 0 aliphatic carbocycles. The van der Waals surface area contributed by atoms with Gasteiger partial charge in [0.15, 0.2) is 0 Å². The van der Waals surface area contributed by atoms with E-state index in [0.29, 0.717) is 5.95 Å². The summed E-state index contributed by atoms with van der Waals surface area (Å²) in [6.07, 6.45) is 2.35. The van der Waals surface area contributed by atoms with E-state index >= 15 is 0 Å². The molecule has 2 heterocycles. The monoisotopic (exact) mass is 348 g/mol. The van der Waals surface area contributed by atoms with E-state index in [0.717, 1.165) is 37.2 Å². The minimum atomic E-state index is -0.960. The summed E-state index contributed by atoms with van der Waals surface area (Å²) in [5.41, 5.74) is 1.96. The lowest BCUT2D eigenvalue weighted by molar-refractivity contribution is 0.187. The molecule has 3 aromatic rings. The molecule has 1 saturated heterocycles. The van der Waals surface area contributed by atoms with Crippen LogP contribution in [0.1, 0.15) is 12.8 Å². The number of hydrogen-bond acceptors (Lipinski definition) is 4. The van der Waals surface area contributed by atoms with Gasteiger partial charge in [0.25, 0.3) is 0 Å². The third-order valence-corrected chi connectivity index (χ3v) is 4.79. The normalized spacial score (nSPS) is 15.2. The molecule has 4 rings (SSSR count). The first-order chi connectivity index (χ1) is 12.7. The van der Waals surface area contributed by atoms with Crippen LogP contribution in [0.2, 0.25) is 0 Å². The topological polar surface area (TPSA) is 78.4 Å². The van der Waals surface area contributed by atoms with Crippen LogP contribution in [0, 0.1) is 0 Å². The van der Waals surface area contributed by atoms with Crippen LogP contribution in [0.4, 0.5) is 10.7 Å². The van der Waals surface area contributed by atoms with Gasteiger partial charge < -0.3 is 15.3 Å². The average Bonchev–Trinajstić information content (AvgIpc) is 2.68. The Bertz CT molecular complexity index is 936. The molecule has 0 bridgehead atoms. The first kappa shape index (κ1) is 16.3. The number of carbonyl (C=O) groups is 1. The molecule has 2 N–H and O–H groups in total. The number of nitrogens with one attached hydrogen (secondary N) is 1. The Morgan fingerprint density at radius 2 is 1.85 bits per heavy atom. The van der Waals surface area contributed by atoms with Gasteiger partial charge in [0.05, 0.1) is 5.69 Å². The first-order valence-corrected chi connectivity index (χ1v) is 8.76. The maximum Gasteiger partial charge on any atom is 0.404 e. The molecule has 2 aromatic carbocycles. The number of fused-ring (bicyclic) bond motifs is 1. The van der Waals surface area contributed by atoms with Gasteiger partial charge >= 0.3 is 6.09 Å². The Hall–Kier alpha value is -3.15. The molecule has 1 fully saturated rings. The van der Waals surface area contributed by atoms with Crippen molar-refractivity contribution in [3.8, 4) is 11.3 Å². The minimum absolute atomic E-state index is 0.00687. The van der Waals surface area contributed by atoms with Crippen molar-refractivity contribution in [2.75, 3.05) is 18.0 Å². The van der Waals surface area contributed by atoms with Crippen LogP contribution in [0.5, 0.6) is 0 Å². The predicted octanol–water partition coefficient (Wildman–Crippen LogP) is 3.53. The van der Waals surface area contributed by atoms with E-state index in [1.807, 2.05) is 18.2 Å². The van der Waals surface area contributed by atoms with E-state index in [4.69, 9.17) is 10.1 Å². The van der Waals surface area contributed by atoms with Crippen molar-refractivity contribution in [3.05, 3.63) is 54.7 Å². The number of amides is 1. The minimum Gasteiger partial charge on any atom is -0.465 e. The number of piperidine rings is 1. The molecule has 0 atom stereocenters. The van der Waals surface area contributed by atoms with E-state index in [1.54, 1.807) is 6.20 Å². The van der Waals surface area contributed by atoms with Crippen molar-refractivity contribution in [1.29, 1.82) is 0 Å². The van der Waals surface area contributed by atoms with Gasteiger partial charge in [0.1, 0.15) is 0 Å². The third kappa shape index (κ3) is 3.44. The summed E-state index contributed by atoms with van der Waals surface area (Å²) in [6, 6.07) is 16.5. The zero-order valence-electron chi connectivity index (χ0n) is 14.3. The number of rotatable bonds is 3. The van der Waals surface area contributed by atoms with Crippen LogP contribution >= 0.6 is 0 Å². The Morgan fingerprint density at radius 1 is 1.08 bits per heavy atom. The third-order valence-electron chi connectivity index (χ3n) is 4.79. The van der Waals surface area contributed by atoms with Crippen LogP contribution in [-0.2, 0) is 0 Å².